The number of amides is 1. The number of rotatable bonds is 4. The van der Waals surface area contributed by atoms with E-state index in [1.807, 2.05) is 4.90 Å². The van der Waals surface area contributed by atoms with Crippen LogP contribution in [0.4, 0.5) is 5.69 Å². The highest BCUT2D eigenvalue weighted by Crippen LogP contribution is 2.20. The molecule has 24 heavy (non-hydrogen) atoms. The van der Waals surface area contributed by atoms with Crippen molar-refractivity contribution in [2.24, 2.45) is 7.05 Å². The normalized spacial score (nSPS) is 14.8. The Morgan fingerprint density at radius 1 is 1.17 bits per heavy atom. The van der Waals surface area contributed by atoms with Crippen LogP contribution in [-0.2, 0) is 17.1 Å². The van der Waals surface area contributed by atoms with Crippen LogP contribution in [0.5, 0.6) is 0 Å². The number of hydrogen-bond donors (Lipinski definition) is 1. The number of benzene rings is 1. The molecule has 1 aliphatic heterocycles. The van der Waals surface area contributed by atoms with E-state index in [1.54, 1.807) is 38.2 Å². The van der Waals surface area contributed by atoms with Crippen molar-refractivity contribution in [2.75, 3.05) is 17.8 Å². The Labute approximate surface area is 141 Å². The SMILES string of the molecule is Cc1c(S(=O)(=O)Nc2ccc(C(=O)N3CCCC3)cc2)cnn1C. The number of sulfonamides is 1. The molecule has 1 saturated heterocycles. The molecule has 8 heteroatoms. The number of hydrogen-bond acceptors (Lipinski definition) is 4. The topological polar surface area (TPSA) is 84.3 Å². The average Bonchev–Trinajstić information content (AvgIpc) is 3.18. The zero-order valence-corrected chi connectivity index (χ0v) is 14.5. The number of carbonyl (C=O) groups excluding carboxylic acids is 1. The number of anilines is 1. The fourth-order valence-electron chi connectivity index (χ4n) is 2.74. The average molecular weight is 348 g/mol. The first-order valence-corrected chi connectivity index (χ1v) is 9.27. The number of likely N-dealkylation sites (tertiary alicyclic amines) is 1. The van der Waals surface area contributed by atoms with Gasteiger partial charge in [0.2, 0.25) is 0 Å². The minimum absolute atomic E-state index is 0.00925. The van der Waals surface area contributed by atoms with E-state index in [4.69, 9.17) is 0 Å². The molecule has 7 nitrogen and oxygen atoms in total. The van der Waals surface area contributed by atoms with Crippen LogP contribution in [0.3, 0.4) is 0 Å². The monoisotopic (exact) mass is 348 g/mol. The van der Waals surface area contributed by atoms with Crippen molar-refractivity contribution in [3.05, 3.63) is 41.7 Å². The van der Waals surface area contributed by atoms with Crippen LogP contribution in [-0.4, -0.2) is 42.1 Å². The number of aryl methyl sites for hydroxylation is 1. The van der Waals surface area contributed by atoms with Gasteiger partial charge in [0.15, 0.2) is 0 Å². The quantitative estimate of drug-likeness (QED) is 0.912. The van der Waals surface area contributed by atoms with Crippen molar-refractivity contribution in [1.82, 2.24) is 14.7 Å². The second-order valence-corrected chi connectivity index (χ2v) is 7.55. The number of aromatic nitrogens is 2. The molecule has 0 aliphatic carbocycles. The predicted molar refractivity (Wildman–Crippen MR) is 90.3 cm³/mol. The lowest BCUT2D eigenvalue weighted by Crippen LogP contribution is -2.27. The maximum atomic E-state index is 12.4. The van der Waals surface area contributed by atoms with Crippen LogP contribution < -0.4 is 4.72 Å². The maximum absolute atomic E-state index is 12.4. The summed E-state index contributed by atoms with van der Waals surface area (Å²) < 4.78 is 28.9. The Hall–Kier alpha value is -2.35. The van der Waals surface area contributed by atoms with E-state index in [-0.39, 0.29) is 10.8 Å². The molecule has 0 spiro atoms. The molecule has 128 valence electrons. The van der Waals surface area contributed by atoms with Crippen molar-refractivity contribution < 1.29 is 13.2 Å². The van der Waals surface area contributed by atoms with E-state index in [0.29, 0.717) is 16.9 Å². The zero-order chi connectivity index (χ0) is 17.3. The van der Waals surface area contributed by atoms with E-state index in [1.165, 1.54) is 10.9 Å². The molecule has 1 amide bonds. The van der Waals surface area contributed by atoms with Crippen LogP contribution in [0.25, 0.3) is 0 Å². The minimum atomic E-state index is -3.70. The highest BCUT2D eigenvalue weighted by molar-refractivity contribution is 7.92. The molecule has 2 aromatic rings. The molecule has 0 bridgehead atoms. The third kappa shape index (κ3) is 3.14. The smallest absolute Gasteiger partial charge is 0.265 e. The molecular formula is C16H20N4O3S. The lowest BCUT2D eigenvalue weighted by atomic mass is 10.2. The summed E-state index contributed by atoms with van der Waals surface area (Å²) in [4.78, 5) is 14.2. The fourth-order valence-corrected chi connectivity index (χ4v) is 4.00. The van der Waals surface area contributed by atoms with Crippen LogP contribution in [0.2, 0.25) is 0 Å². The van der Waals surface area contributed by atoms with Crippen LogP contribution >= 0.6 is 0 Å². The Kier molecular flexibility index (Phi) is 4.31. The van der Waals surface area contributed by atoms with Gasteiger partial charge in [-0.15, -0.1) is 0 Å². The van der Waals surface area contributed by atoms with Gasteiger partial charge in [0, 0.05) is 31.4 Å². The standard InChI is InChI=1S/C16H20N4O3S/c1-12-15(11-17-19(12)2)24(22,23)18-14-7-5-13(6-8-14)16(21)20-9-3-4-10-20/h5-8,11,18H,3-4,9-10H2,1-2H3. The lowest BCUT2D eigenvalue weighted by Gasteiger charge is -2.15. The second kappa shape index (κ2) is 6.27. The molecular weight excluding hydrogens is 328 g/mol. The molecule has 2 heterocycles. The molecule has 1 aromatic heterocycles. The fraction of sp³-hybridized carbons (Fsp3) is 0.375. The lowest BCUT2D eigenvalue weighted by molar-refractivity contribution is 0.0793. The van der Waals surface area contributed by atoms with Gasteiger partial charge in [-0.1, -0.05) is 0 Å². The molecule has 0 atom stereocenters. The van der Waals surface area contributed by atoms with Crippen LogP contribution in [0.15, 0.2) is 35.4 Å². The second-order valence-electron chi connectivity index (χ2n) is 5.90. The summed E-state index contributed by atoms with van der Waals surface area (Å²) in [6.07, 6.45) is 3.39. The first kappa shape index (κ1) is 16.5. The first-order chi connectivity index (χ1) is 11.4. The van der Waals surface area contributed by atoms with Crippen LogP contribution in [0, 0.1) is 6.92 Å². The molecule has 3 rings (SSSR count). The minimum Gasteiger partial charge on any atom is -0.339 e. The number of nitrogens with zero attached hydrogens (tertiary/aromatic N) is 3. The van der Waals surface area contributed by atoms with Gasteiger partial charge in [-0.2, -0.15) is 5.10 Å². The number of nitrogens with one attached hydrogen (secondary N) is 1. The zero-order valence-electron chi connectivity index (χ0n) is 13.7. The van der Waals surface area contributed by atoms with Gasteiger partial charge < -0.3 is 4.90 Å². The molecule has 1 aliphatic rings. The van der Waals surface area contributed by atoms with Gasteiger partial charge in [-0.3, -0.25) is 14.2 Å². The maximum Gasteiger partial charge on any atom is 0.265 e. The van der Waals surface area contributed by atoms with Crippen molar-refractivity contribution in [2.45, 2.75) is 24.7 Å². The summed E-state index contributed by atoms with van der Waals surface area (Å²) in [6, 6.07) is 6.50. The summed E-state index contributed by atoms with van der Waals surface area (Å²) >= 11 is 0. The molecule has 1 aromatic carbocycles. The third-order valence-electron chi connectivity index (χ3n) is 4.26. The van der Waals surface area contributed by atoms with E-state index in [2.05, 4.69) is 9.82 Å². The Bertz CT molecular complexity index is 850. The summed E-state index contributed by atoms with van der Waals surface area (Å²) in [5.74, 6) is -0.00925. The molecule has 0 radical (unpaired) electrons. The van der Waals surface area contributed by atoms with E-state index in [0.717, 1.165) is 25.9 Å². The Balaban J connectivity index is 1.76. The van der Waals surface area contributed by atoms with Gasteiger partial charge in [-0.05, 0) is 44.0 Å². The molecule has 0 unspecified atom stereocenters. The predicted octanol–water partition coefficient (Wildman–Crippen LogP) is 1.77. The van der Waals surface area contributed by atoms with E-state index >= 15 is 0 Å². The molecule has 1 fully saturated rings. The van der Waals surface area contributed by atoms with Crippen LogP contribution in [0.1, 0.15) is 28.9 Å². The summed E-state index contributed by atoms with van der Waals surface area (Å²) in [5, 5.41) is 3.95. The number of carbonyl (C=O) groups is 1. The highest BCUT2D eigenvalue weighted by Gasteiger charge is 2.21. The largest absolute Gasteiger partial charge is 0.339 e. The summed E-state index contributed by atoms with van der Waals surface area (Å²) in [7, 11) is -2.01. The van der Waals surface area contributed by atoms with Gasteiger partial charge in [0.05, 0.1) is 11.9 Å². The van der Waals surface area contributed by atoms with E-state index in [9.17, 15) is 13.2 Å². The van der Waals surface area contributed by atoms with Gasteiger partial charge in [-0.25, -0.2) is 8.42 Å². The Morgan fingerprint density at radius 2 is 1.79 bits per heavy atom. The van der Waals surface area contributed by atoms with Gasteiger partial charge >= 0.3 is 0 Å². The van der Waals surface area contributed by atoms with Gasteiger partial charge in [0.25, 0.3) is 15.9 Å². The first-order valence-electron chi connectivity index (χ1n) is 7.79. The van der Waals surface area contributed by atoms with E-state index < -0.39 is 10.0 Å². The summed E-state index contributed by atoms with van der Waals surface area (Å²) in [6.45, 7) is 3.26. The van der Waals surface area contributed by atoms with Crippen molar-refractivity contribution in [3.8, 4) is 0 Å². The van der Waals surface area contributed by atoms with Crippen molar-refractivity contribution in [1.29, 1.82) is 0 Å². The van der Waals surface area contributed by atoms with Gasteiger partial charge in [0.1, 0.15) is 4.90 Å². The molecule has 0 saturated carbocycles. The highest BCUT2D eigenvalue weighted by atomic mass is 32.2. The summed E-state index contributed by atoms with van der Waals surface area (Å²) in [5.41, 5.74) is 1.54. The third-order valence-corrected chi connectivity index (χ3v) is 5.74. The molecule has 1 N–H and O–H groups in total. The van der Waals surface area contributed by atoms with Crippen molar-refractivity contribution in [3.63, 3.8) is 0 Å². The van der Waals surface area contributed by atoms with Crippen molar-refractivity contribution >= 4 is 21.6 Å². The Morgan fingerprint density at radius 3 is 2.33 bits per heavy atom.